The number of carbonyl (C=O) groups is 1. The fourth-order valence-corrected chi connectivity index (χ4v) is 3.92. The predicted octanol–water partition coefficient (Wildman–Crippen LogP) is 2.77. The number of rotatable bonds is 8. The van der Waals surface area contributed by atoms with Crippen LogP contribution < -0.4 is 0 Å². The lowest BCUT2D eigenvalue weighted by atomic mass is 10.0. The minimum absolute atomic E-state index is 0.0955. The second kappa shape index (κ2) is 8.65. The number of unbranched alkanes of at least 4 members (excludes halogenated alkanes) is 4. The van der Waals surface area contributed by atoms with Crippen molar-refractivity contribution in [1.29, 1.82) is 0 Å². The van der Waals surface area contributed by atoms with Gasteiger partial charge in [-0.25, -0.2) is 8.42 Å². The molecule has 4 nitrogen and oxygen atoms in total. The summed E-state index contributed by atoms with van der Waals surface area (Å²) in [5.41, 5.74) is 0. The van der Waals surface area contributed by atoms with Crippen molar-refractivity contribution >= 4 is 15.7 Å². The third kappa shape index (κ3) is 6.73. The van der Waals surface area contributed by atoms with Crippen LogP contribution in [0.2, 0.25) is 0 Å². The fourth-order valence-electron chi connectivity index (χ4n) is 2.88. The first-order valence-electron chi connectivity index (χ1n) is 7.91. The maximum Gasteiger partial charge on any atom is 0.222 e. The third-order valence-corrected chi connectivity index (χ3v) is 4.93. The van der Waals surface area contributed by atoms with Crippen LogP contribution in [0.1, 0.15) is 64.7 Å². The van der Waals surface area contributed by atoms with Crippen LogP contribution in [-0.4, -0.2) is 43.8 Å². The van der Waals surface area contributed by atoms with Crippen molar-refractivity contribution in [1.82, 2.24) is 4.90 Å². The third-order valence-electron chi connectivity index (χ3n) is 3.94. The van der Waals surface area contributed by atoms with E-state index in [0.29, 0.717) is 6.42 Å². The summed E-state index contributed by atoms with van der Waals surface area (Å²) in [6.45, 7) is 2.91. The van der Waals surface area contributed by atoms with Gasteiger partial charge < -0.3 is 4.90 Å². The summed E-state index contributed by atoms with van der Waals surface area (Å²) in [6, 6.07) is -0.0955. The van der Waals surface area contributed by atoms with Crippen LogP contribution in [0.5, 0.6) is 0 Å². The number of hydrogen-bond donors (Lipinski definition) is 0. The molecule has 0 bridgehead atoms. The van der Waals surface area contributed by atoms with E-state index in [-0.39, 0.29) is 17.7 Å². The Morgan fingerprint density at radius 1 is 1.15 bits per heavy atom. The molecule has 118 valence electrons. The van der Waals surface area contributed by atoms with Gasteiger partial charge in [0.1, 0.15) is 9.84 Å². The van der Waals surface area contributed by atoms with Crippen LogP contribution in [0.15, 0.2) is 0 Å². The quantitative estimate of drug-likeness (QED) is 0.648. The van der Waals surface area contributed by atoms with Gasteiger partial charge in [0.2, 0.25) is 5.91 Å². The van der Waals surface area contributed by atoms with Crippen molar-refractivity contribution in [3.8, 4) is 0 Å². The summed E-state index contributed by atoms with van der Waals surface area (Å²) in [5, 5.41) is 0. The highest BCUT2D eigenvalue weighted by Gasteiger charge is 2.28. The van der Waals surface area contributed by atoms with Gasteiger partial charge in [0.05, 0.1) is 5.75 Å². The van der Waals surface area contributed by atoms with Crippen molar-refractivity contribution in [3.63, 3.8) is 0 Å². The predicted molar refractivity (Wildman–Crippen MR) is 82.4 cm³/mol. The molecule has 0 saturated carbocycles. The molecule has 1 aliphatic heterocycles. The van der Waals surface area contributed by atoms with Crippen LogP contribution in [0.4, 0.5) is 0 Å². The SMILES string of the molecule is CCCCCCCC(=O)N1CCCCC1CS(C)(=O)=O. The number of carbonyl (C=O) groups excluding carboxylic acids is 1. The Hall–Kier alpha value is -0.580. The maximum absolute atomic E-state index is 12.3. The normalized spacial score (nSPS) is 20.1. The molecule has 1 saturated heterocycles. The first-order chi connectivity index (χ1) is 9.44. The summed E-state index contributed by atoms with van der Waals surface area (Å²) in [5.74, 6) is 0.268. The highest BCUT2D eigenvalue weighted by molar-refractivity contribution is 7.90. The van der Waals surface area contributed by atoms with Crippen LogP contribution in [0, 0.1) is 0 Å². The molecule has 20 heavy (non-hydrogen) atoms. The van der Waals surface area contributed by atoms with Crippen molar-refractivity contribution in [2.75, 3.05) is 18.6 Å². The molecule has 1 aliphatic rings. The fraction of sp³-hybridized carbons (Fsp3) is 0.933. The molecule has 1 heterocycles. The first kappa shape index (κ1) is 17.5. The zero-order valence-corrected chi connectivity index (χ0v) is 13.8. The highest BCUT2D eigenvalue weighted by atomic mass is 32.2. The second-order valence-corrected chi connectivity index (χ2v) is 8.18. The van der Waals surface area contributed by atoms with E-state index in [1.165, 1.54) is 25.5 Å². The lowest BCUT2D eigenvalue weighted by molar-refractivity contribution is -0.134. The Balaban J connectivity index is 2.42. The number of hydrogen-bond acceptors (Lipinski definition) is 3. The highest BCUT2D eigenvalue weighted by Crippen LogP contribution is 2.20. The largest absolute Gasteiger partial charge is 0.339 e. The van der Waals surface area contributed by atoms with E-state index in [2.05, 4.69) is 6.92 Å². The maximum atomic E-state index is 12.3. The Kier molecular flexibility index (Phi) is 7.56. The van der Waals surface area contributed by atoms with Gasteiger partial charge in [0, 0.05) is 25.3 Å². The number of nitrogens with zero attached hydrogens (tertiary/aromatic N) is 1. The van der Waals surface area contributed by atoms with Crippen molar-refractivity contribution in [2.45, 2.75) is 70.8 Å². The zero-order chi connectivity index (χ0) is 15.0. The number of piperidine rings is 1. The van der Waals surface area contributed by atoms with Gasteiger partial charge in [-0.1, -0.05) is 32.6 Å². The summed E-state index contributed by atoms with van der Waals surface area (Å²) in [7, 11) is -3.02. The zero-order valence-electron chi connectivity index (χ0n) is 12.9. The Bertz CT molecular complexity index is 392. The Labute approximate surface area is 123 Å². The monoisotopic (exact) mass is 303 g/mol. The first-order valence-corrected chi connectivity index (χ1v) is 9.97. The topological polar surface area (TPSA) is 54.5 Å². The van der Waals surface area contributed by atoms with E-state index >= 15 is 0 Å². The molecule has 0 aliphatic carbocycles. The van der Waals surface area contributed by atoms with Gasteiger partial charge in [-0.05, 0) is 25.7 Å². The standard InChI is InChI=1S/C15H29NO3S/c1-3-4-5-6-7-11-15(17)16-12-9-8-10-14(16)13-20(2,18)19/h14H,3-13H2,1-2H3. The minimum Gasteiger partial charge on any atom is -0.339 e. The van der Waals surface area contributed by atoms with E-state index in [4.69, 9.17) is 0 Å². The molecule has 0 aromatic rings. The van der Waals surface area contributed by atoms with E-state index in [9.17, 15) is 13.2 Å². The summed E-state index contributed by atoms with van der Waals surface area (Å²) >= 11 is 0. The van der Waals surface area contributed by atoms with Gasteiger partial charge in [-0.2, -0.15) is 0 Å². The molecule has 0 radical (unpaired) electrons. The molecular formula is C15H29NO3S. The average molecular weight is 303 g/mol. The van der Waals surface area contributed by atoms with Crippen molar-refractivity contribution in [2.24, 2.45) is 0 Å². The van der Waals surface area contributed by atoms with Gasteiger partial charge >= 0.3 is 0 Å². The molecule has 1 rings (SSSR count). The minimum atomic E-state index is -3.02. The lowest BCUT2D eigenvalue weighted by Gasteiger charge is -2.35. The summed E-state index contributed by atoms with van der Waals surface area (Å²) < 4.78 is 22.9. The lowest BCUT2D eigenvalue weighted by Crippen LogP contribution is -2.46. The summed E-state index contributed by atoms with van der Waals surface area (Å²) in [4.78, 5) is 14.1. The van der Waals surface area contributed by atoms with E-state index in [1.54, 1.807) is 0 Å². The van der Waals surface area contributed by atoms with Gasteiger partial charge in [-0.15, -0.1) is 0 Å². The van der Waals surface area contributed by atoms with Crippen LogP contribution in [-0.2, 0) is 14.6 Å². The molecule has 1 fully saturated rings. The van der Waals surface area contributed by atoms with Crippen LogP contribution in [0.3, 0.4) is 0 Å². The van der Waals surface area contributed by atoms with Crippen molar-refractivity contribution < 1.29 is 13.2 Å². The van der Waals surface area contributed by atoms with E-state index in [1.807, 2.05) is 4.90 Å². The smallest absolute Gasteiger partial charge is 0.222 e. The van der Waals surface area contributed by atoms with Gasteiger partial charge in [0.15, 0.2) is 0 Å². The van der Waals surface area contributed by atoms with Gasteiger partial charge in [-0.3, -0.25) is 4.79 Å². The molecule has 1 unspecified atom stereocenters. The summed E-state index contributed by atoms with van der Waals surface area (Å²) in [6.07, 6.45) is 10.3. The Morgan fingerprint density at radius 3 is 2.50 bits per heavy atom. The molecule has 1 atom stereocenters. The van der Waals surface area contributed by atoms with Crippen LogP contribution in [0.25, 0.3) is 0 Å². The molecule has 0 aromatic carbocycles. The molecule has 0 N–H and O–H groups in total. The van der Waals surface area contributed by atoms with Gasteiger partial charge in [0.25, 0.3) is 0 Å². The van der Waals surface area contributed by atoms with Crippen LogP contribution >= 0.6 is 0 Å². The Morgan fingerprint density at radius 2 is 1.85 bits per heavy atom. The number of sulfone groups is 1. The molecular weight excluding hydrogens is 274 g/mol. The van der Waals surface area contributed by atoms with Crippen molar-refractivity contribution in [3.05, 3.63) is 0 Å². The van der Waals surface area contributed by atoms with E-state index < -0.39 is 9.84 Å². The molecule has 0 aromatic heterocycles. The number of likely N-dealkylation sites (tertiary alicyclic amines) is 1. The molecule has 0 spiro atoms. The second-order valence-electron chi connectivity index (χ2n) is 5.99. The van der Waals surface area contributed by atoms with E-state index in [0.717, 1.165) is 38.6 Å². The average Bonchev–Trinajstić information content (AvgIpc) is 2.37. The molecule has 5 heteroatoms. The molecule has 1 amide bonds. The number of amides is 1.